The van der Waals surface area contributed by atoms with Crippen molar-refractivity contribution in [1.82, 2.24) is 10.2 Å². The van der Waals surface area contributed by atoms with Crippen LogP contribution >= 0.6 is 11.8 Å². The van der Waals surface area contributed by atoms with E-state index in [0.29, 0.717) is 23.3 Å². The molecule has 1 aromatic carbocycles. The lowest BCUT2D eigenvalue weighted by molar-refractivity contribution is -0.117. The van der Waals surface area contributed by atoms with E-state index in [1.54, 1.807) is 14.0 Å². The molecule has 0 bridgehead atoms. The minimum atomic E-state index is 0.200. The van der Waals surface area contributed by atoms with Gasteiger partial charge in [-0.05, 0) is 25.5 Å². The molecule has 0 fully saturated rings. The number of ether oxygens (including phenoxy) is 1. The fraction of sp³-hybridized carbons (Fsp3) is 0.357. The Hall–Kier alpha value is -1.82. The number of hydrogen-bond acceptors (Lipinski definition) is 6. The van der Waals surface area contributed by atoms with Crippen LogP contribution in [0.4, 0.5) is 0 Å². The van der Waals surface area contributed by atoms with E-state index in [1.165, 1.54) is 11.8 Å². The summed E-state index contributed by atoms with van der Waals surface area (Å²) < 4.78 is 10.9. The number of hydrogen-bond donors (Lipinski definition) is 0. The minimum Gasteiger partial charge on any atom is -0.496 e. The van der Waals surface area contributed by atoms with Crippen LogP contribution in [-0.4, -0.2) is 28.8 Å². The van der Waals surface area contributed by atoms with Gasteiger partial charge in [-0.25, -0.2) is 0 Å². The standard InChI is InChI=1S/C14H16N2O3S/c1-10(17)6-5-9-20-14-16-15-13(19-14)11-7-3-4-8-12(11)18-2/h3-4,7-8H,5-6,9H2,1-2H3. The summed E-state index contributed by atoms with van der Waals surface area (Å²) in [5.41, 5.74) is 0.776. The smallest absolute Gasteiger partial charge is 0.276 e. The number of methoxy groups -OCH3 is 1. The van der Waals surface area contributed by atoms with Crippen molar-refractivity contribution in [3.63, 3.8) is 0 Å². The first-order valence-electron chi connectivity index (χ1n) is 6.30. The third kappa shape index (κ3) is 3.84. The molecule has 0 spiro atoms. The number of Topliss-reactive ketones (excluding diaryl/α,β-unsaturated/α-hetero) is 1. The Balaban J connectivity index is 2.00. The van der Waals surface area contributed by atoms with Gasteiger partial charge in [0.15, 0.2) is 0 Å². The van der Waals surface area contributed by atoms with Crippen molar-refractivity contribution in [1.29, 1.82) is 0 Å². The summed E-state index contributed by atoms with van der Waals surface area (Å²) in [4.78, 5) is 10.8. The third-order valence-electron chi connectivity index (χ3n) is 2.64. The molecule has 5 nitrogen and oxygen atoms in total. The van der Waals surface area contributed by atoms with E-state index >= 15 is 0 Å². The summed E-state index contributed by atoms with van der Waals surface area (Å²) in [6.45, 7) is 1.59. The fourth-order valence-corrected chi connectivity index (χ4v) is 2.38. The average molecular weight is 292 g/mol. The first kappa shape index (κ1) is 14.6. The number of ketones is 1. The summed E-state index contributed by atoms with van der Waals surface area (Å²) in [6, 6.07) is 7.49. The van der Waals surface area contributed by atoms with E-state index in [9.17, 15) is 4.79 Å². The molecule has 1 aromatic heterocycles. The number of nitrogens with zero attached hydrogens (tertiary/aromatic N) is 2. The van der Waals surface area contributed by atoms with Crippen LogP contribution in [0.5, 0.6) is 5.75 Å². The second kappa shape index (κ2) is 7.09. The van der Waals surface area contributed by atoms with Crippen LogP contribution in [0.1, 0.15) is 19.8 Å². The maximum absolute atomic E-state index is 10.8. The molecular weight excluding hydrogens is 276 g/mol. The molecule has 6 heteroatoms. The van der Waals surface area contributed by atoms with Gasteiger partial charge < -0.3 is 13.9 Å². The van der Waals surface area contributed by atoms with Gasteiger partial charge >= 0.3 is 0 Å². The lowest BCUT2D eigenvalue weighted by atomic mass is 10.2. The highest BCUT2D eigenvalue weighted by Gasteiger charge is 2.13. The predicted molar refractivity (Wildman–Crippen MR) is 76.9 cm³/mol. The molecule has 106 valence electrons. The molecule has 2 rings (SSSR count). The van der Waals surface area contributed by atoms with Gasteiger partial charge in [-0.2, -0.15) is 0 Å². The van der Waals surface area contributed by atoms with E-state index in [2.05, 4.69) is 10.2 Å². The number of rotatable bonds is 7. The molecule has 0 saturated heterocycles. The highest BCUT2D eigenvalue weighted by Crippen LogP contribution is 2.30. The van der Waals surface area contributed by atoms with Gasteiger partial charge in [-0.15, -0.1) is 10.2 Å². The minimum absolute atomic E-state index is 0.200. The monoisotopic (exact) mass is 292 g/mol. The van der Waals surface area contributed by atoms with Crippen LogP contribution in [0.3, 0.4) is 0 Å². The van der Waals surface area contributed by atoms with Gasteiger partial charge in [-0.3, -0.25) is 0 Å². The van der Waals surface area contributed by atoms with Crippen LogP contribution in [0.2, 0.25) is 0 Å². The van der Waals surface area contributed by atoms with Crippen molar-refractivity contribution in [3.8, 4) is 17.2 Å². The lowest BCUT2D eigenvalue weighted by Crippen LogP contribution is -1.90. The highest BCUT2D eigenvalue weighted by atomic mass is 32.2. The fourth-order valence-electron chi connectivity index (χ4n) is 1.68. The number of carbonyl (C=O) groups excluding carboxylic acids is 1. The molecule has 0 N–H and O–H groups in total. The van der Waals surface area contributed by atoms with Crippen molar-refractivity contribution in [2.24, 2.45) is 0 Å². The molecule has 1 heterocycles. The Kier molecular flexibility index (Phi) is 5.17. The molecule has 0 radical (unpaired) electrons. The quantitative estimate of drug-likeness (QED) is 0.576. The van der Waals surface area contributed by atoms with Gasteiger partial charge in [0.25, 0.3) is 11.1 Å². The Morgan fingerprint density at radius 2 is 2.15 bits per heavy atom. The average Bonchev–Trinajstić information content (AvgIpc) is 2.92. The van der Waals surface area contributed by atoms with Gasteiger partial charge in [0, 0.05) is 12.2 Å². The van der Waals surface area contributed by atoms with Crippen molar-refractivity contribution in [2.45, 2.75) is 25.0 Å². The first-order valence-corrected chi connectivity index (χ1v) is 7.28. The number of carbonyl (C=O) groups is 1. The number of para-hydroxylation sites is 1. The van der Waals surface area contributed by atoms with Gasteiger partial charge in [0.2, 0.25) is 0 Å². The summed E-state index contributed by atoms with van der Waals surface area (Å²) in [6.07, 6.45) is 1.40. The van der Waals surface area contributed by atoms with Gasteiger partial charge in [0.1, 0.15) is 11.5 Å². The van der Waals surface area contributed by atoms with E-state index in [-0.39, 0.29) is 5.78 Å². The zero-order chi connectivity index (χ0) is 14.4. The van der Waals surface area contributed by atoms with E-state index in [1.807, 2.05) is 24.3 Å². The molecule has 0 aliphatic rings. The first-order chi connectivity index (χ1) is 9.70. The van der Waals surface area contributed by atoms with E-state index in [4.69, 9.17) is 9.15 Å². The topological polar surface area (TPSA) is 65.2 Å². The molecule has 0 saturated carbocycles. The molecule has 20 heavy (non-hydrogen) atoms. The third-order valence-corrected chi connectivity index (χ3v) is 3.55. The number of benzene rings is 1. The van der Waals surface area contributed by atoms with Crippen LogP contribution < -0.4 is 4.74 Å². The van der Waals surface area contributed by atoms with Crippen LogP contribution in [0, 0.1) is 0 Å². The summed E-state index contributed by atoms with van der Waals surface area (Å²) >= 11 is 1.46. The van der Waals surface area contributed by atoms with E-state index < -0.39 is 0 Å². The van der Waals surface area contributed by atoms with Gasteiger partial charge in [-0.1, -0.05) is 23.9 Å². The molecule has 0 amide bonds. The van der Waals surface area contributed by atoms with Crippen LogP contribution in [-0.2, 0) is 4.79 Å². The maximum atomic E-state index is 10.8. The van der Waals surface area contributed by atoms with Crippen molar-refractivity contribution in [3.05, 3.63) is 24.3 Å². The second-order valence-corrected chi connectivity index (χ2v) is 5.27. The maximum Gasteiger partial charge on any atom is 0.276 e. The van der Waals surface area contributed by atoms with Crippen molar-refractivity contribution >= 4 is 17.5 Å². The number of aromatic nitrogens is 2. The SMILES string of the molecule is COc1ccccc1-c1nnc(SCCCC(C)=O)o1. The zero-order valence-electron chi connectivity index (χ0n) is 11.5. The summed E-state index contributed by atoms with van der Waals surface area (Å²) in [5.74, 6) is 2.12. The molecular formula is C14H16N2O3S. The molecule has 0 aliphatic heterocycles. The molecule has 2 aromatic rings. The zero-order valence-corrected chi connectivity index (χ0v) is 12.3. The predicted octanol–water partition coefficient (Wildman–Crippen LogP) is 3.21. The highest BCUT2D eigenvalue weighted by molar-refractivity contribution is 7.99. The van der Waals surface area contributed by atoms with Crippen molar-refractivity contribution < 1.29 is 13.9 Å². The Morgan fingerprint density at radius 1 is 1.35 bits per heavy atom. The molecule has 0 aliphatic carbocycles. The summed E-state index contributed by atoms with van der Waals surface area (Å²) in [5, 5.41) is 8.52. The van der Waals surface area contributed by atoms with Crippen LogP contribution in [0.25, 0.3) is 11.5 Å². The summed E-state index contributed by atoms with van der Waals surface area (Å²) in [7, 11) is 1.60. The second-order valence-electron chi connectivity index (χ2n) is 4.23. The normalized spacial score (nSPS) is 10.5. The van der Waals surface area contributed by atoms with Crippen molar-refractivity contribution in [2.75, 3.05) is 12.9 Å². The molecule has 0 unspecified atom stereocenters. The van der Waals surface area contributed by atoms with Crippen LogP contribution in [0.15, 0.2) is 33.9 Å². The Bertz CT molecular complexity index is 583. The van der Waals surface area contributed by atoms with Gasteiger partial charge in [0.05, 0.1) is 12.7 Å². The molecule has 0 atom stereocenters. The Labute approximate surface area is 121 Å². The Morgan fingerprint density at radius 3 is 2.90 bits per heavy atom. The van der Waals surface area contributed by atoms with E-state index in [0.717, 1.165) is 17.7 Å². The largest absolute Gasteiger partial charge is 0.496 e. The number of thioether (sulfide) groups is 1. The lowest BCUT2D eigenvalue weighted by Gasteiger charge is -2.03.